The maximum absolute atomic E-state index is 11.5. The van der Waals surface area contributed by atoms with E-state index < -0.39 is 8.60 Å². The summed E-state index contributed by atoms with van der Waals surface area (Å²) in [5.74, 6) is 0.0729. The average Bonchev–Trinajstić information content (AvgIpc) is 2.83. The number of carbonyl (C=O) groups is 1. The quantitative estimate of drug-likeness (QED) is 0.0774. The molecule has 2 unspecified atom stereocenters. The van der Waals surface area contributed by atoms with Crippen molar-refractivity contribution in [2.45, 2.75) is 129 Å². The molecule has 0 heterocycles. The summed E-state index contributed by atoms with van der Waals surface area (Å²) < 4.78 is 16.5. The van der Waals surface area contributed by atoms with Crippen molar-refractivity contribution < 1.29 is 23.5 Å². The first-order valence-corrected chi connectivity index (χ1v) is 16.1. The van der Waals surface area contributed by atoms with E-state index in [1.165, 1.54) is 103 Å². The van der Waals surface area contributed by atoms with E-state index in [-0.39, 0.29) is 18.3 Å². The van der Waals surface area contributed by atoms with Crippen LogP contribution in [0.15, 0.2) is 0 Å². The molecule has 6 nitrogen and oxygen atoms in total. The van der Waals surface area contributed by atoms with Gasteiger partial charge in [0.2, 0.25) is 0 Å². The Balaban J connectivity index is 3.51. The molecule has 0 aliphatic carbocycles. The first-order valence-electron chi connectivity index (χ1n) is 14.9. The summed E-state index contributed by atoms with van der Waals surface area (Å²) in [5.41, 5.74) is 0. The second-order valence-corrected chi connectivity index (χ2v) is 11.7. The van der Waals surface area contributed by atoms with E-state index in [2.05, 4.69) is 6.92 Å². The highest BCUT2D eigenvalue weighted by Crippen LogP contribution is 2.33. The topological polar surface area (TPSA) is 68.2 Å². The Labute approximate surface area is 225 Å². The van der Waals surface area contributed by atoms with Crippen LogP contribution in [0.25, 0.3) is 0 Å². The van der Waals surface area contributed by atoms with E-state index in [0.717, 1.165) is 19.6 Å². The smallest absolute Gasteiger partial charge is 0.329 e. The lowest BCUT2D eigenvalue weighted by molar-refractivity contribution is -0.118. The fourth-order valence-electron chi connectivity index (χ4n) is 4.26. The minimum absolute atomic E-state index is 0.0390. The van der Waals surface area contributed by atoms with Crippen LogP contribution < -0.4 is 0 Å². The van der Waals surface area contributed by atoms with Crippen LogP contribution in [-0.2, 0) is 18.6 Å². The predicted octanol–water partition coefficient (Wildman–Crippen LogP) is 8.06. The maximum atomic E-state index is 11.5. The zero-order valence-corrected chi connectivity index (χ0v) is 25.2. The molecule has 1 N–H and O–H groups in total. The standard InChI is InChI=1S/C29H60NO5P/c1-5-6-7-8-9-10-11-12-13-14-15-16-17-18-19-20-21-23-33-26-29(25-28(2)31)27-35-36(32)34-24-22-30(3)4/h29,32H,5-27H2,1-4H3. The summed E-state index contributed by atoms with van der Waals surface area (Å²) in [6.45, 7) is 6.50. The van der Waals surface area contributed by atoms with Crippen LogP contribution in [0.2, 0.25) is 0 Å². The van der Waals surface area contributed by atoms with E-state index in [0.29, 0.717) is 19.6 Å². The van der Waals surface area contributed by atoms with Crippen molar-refractivity contribution in [2.75, 3.05) is 47.1 Å². The molecule has 0 amide bonds. The Morgan fingerprint density at radius 1 is 0.722 bits per heavy atom. The van der Waals surface area contributed by atoms with Crippen LogP contribution in [-0.4, -0.2) is 62.6 Å². The molecule has 0 aliphatic rings. The molecule has 36 heavy (non-hydrogen) atoms. The lowest BCUT2D eigenvalue weighted by Gasteiger charge is -2.18. The Morgan fingerprint density at radius 3 is 1.64 bits per heavy atom. The fraction of sp³-hybridized carbons (Fsp3) is 0.966. The number of ether oxygens (including phenoxy) is 1. The van der Waals surface area contributed by atoms with Gasteiger partial charge in [0.15, 0.2) is 0 Å². The largest absolute Gasteiger partial charge is 0.381 e. The van der Waals surface area contributed by atoms with Gasteiger partial charge >= 0.3 is 8.60 Å². The van der Waals surface area contributed by atoms with E-state index in [1.807, 2.05) is 19.0 Å². The SMILES string of the molecule is CCCCCCCCCCCCCCCCCCCOCC(COP(O)OCCN(C)C)CC(C)=O. The maximum Gasteiger partial charge on any atom is 0.329 e. The minimum atomic E-state index is -1.90. The third-order valence-corrected chi connectivity index (χ3v) is 7.26. The van der Waals surface area contributed by atoms with Crippen molar-refractivity contribution >= 4 is 14.4 Å². The van der Waals surface area contributed by atoms with Gasteiger partial charge in [-0.15, -0.1) is 0 Å². The molecule has 0 rings (SSSR count). The summed E-state index contributed by atoms with van der Waals surface area (Å²) in [6, 6.07) is 0. The van der Waals surface area contributed by atoms with Gasteiger partial charge in [0, 0.05) is 25.5 Å². The van der Waals surface area contributed by atoms with E-state index in [9.17, 15) is 9.69 Å². The Bertz CT molecular complexity index is 467. The van der Waals surface area contributed by atoms with Gasteiger partial charge in [0.05, 0.1) is 19.8 Å². The molecule has 216 valence electrons. The zero-order valence-electron chi connectivity index (χ0n) is 24.3. The van der Waals surface area contributed by atoms with Crippen LogP contribution in [0.3, 0.4) is 0 Å². The zero-order chi connectivity index (χ0) is 26.7. The fourth-order valence-corrected chi connectivity index (χ4v) is 4.91. The van der Waals surface area contributed by atoms with Crippen molar-refractivity contribution in [3.63, 3.8) is 0 Å². The van der Waals surface area contributed by atoms with E-state index >= 15 is 0 Å². The number of hydrogen-bond donors (Lipinski definition) is 1. The van der Waals surface area contributed by atoms with E-state index in [4.69, 9.17) is 13.8 Å². The van der Waals surface area contributed by atoms with Gasteiger partial charge in [-0.1, -0.05) is 110 Å². The summed E-state index contributed by atoms with van der Waals surface area (Å²) in [7, 11) is 1.99. The molecule has 0 saturated carbocycles. The molecule has 0 aromatic carbocycles. The molecular weight excluding hydrogens is 473 g/mol. The number of Topliss-reactive ketones (excluding diaryl/α,β-unsaturated/α-hetero) is 1. The highest BCUT2D eigenvalue weighted by atomic mass is 31.2. The Morgan fingerprint density at radius 2 is 1.19 bits per heavy atom. The van der Waals surface area contributed by atoms with Gasteiger partial charge < -0.3 is 28.4 Å². The molecule has 0 radical (unpaired) electrons. The number of likely N-dealkylation sites (N-methyl/N-ethyl adjacent to an activating group) is 1. The summed E-state index contributed by atoms with van der Waals surface area (Å²) in [6.07, 6.45) is 23.6. The highest BCUT2D eigenvalue weighted by molar-refractivity contribution is 7.40. The molecule has 0 saturated heterocycles. The second-order valence-electron chi connectivity index (χ2n) is 10.7. The van der Waals surface area contributed by atoms with Crippen molar-refractivity contribution in [1.82, 2.24) is 4.90 Å². The average molecular weight is 534 g/mol. The second kappa shape index (κ2) is 27.9. The number of hydrogen-bond acceptors (Lipinski definition) is 6. The van der Waals surface area contributed by atoms with Crippen LogP contribution in [0.4, 0.5) is 0 Å². The Hall–Kier alpha value is -0.100. The van der Waals surface area contributed by atoms with Crippen molar-refractivity contribution in [3.8, 4) is 0 Å². The van der Waals surface area contributed by atoms with Gasteiger partial charge in [0.1, 0.15) is 5.78 Å². The minimum Gasteiger partial charge on any atom is -0.381 e. The van der Waals surface area contributed by atoms with Gasteiger partial charge in [-0.25, -0.2) is 0 Å². The molecule has 0 aromatic heterocycles. The third-order valence-electron chi connectivity index (χ3n) is 6.48. The molecular formula is C29H60NO5P. The summed E-state index contributed by atoms with van der Waals surface area (Å²) >= 11 is 0. The van der Waals surface area contributed by atoms with Crippen LogP contribution >= 0.6 is 8.60 Å². The highest BCUT2D eigenvalue weighted by Gasteiger charge is 2.16. The molecule has 0 bridgehead atoms. The number of carbonyl (C=O) groups excluding carboxylic acids is 1. The Kier molecular flexibility index (Phi) is 27.8. The summed E-state index contributed by atoms with van der Waals surface area (Å²) in [5, 5.41) is 0. The number of ketones is 1. The van der Waals surface area contributed by atoms with Gasteiger partial charge in [-0.3, -0.25) is 0 Å². The van der Waals surface area contributed by atoms with Crippen LogP contribution in [0, 0.1) is 5.92 Å². The number of nitrogens with zero attached hydrogens (tertiary/aromatic N) is 1. The third kappa shape index (κ3) is 28.5. The monoisotopic (exact) mass is 533 g/mol. The van der Waals surface area contributed by atoms with Gasteiger partial charge in [0.25, 0.3) is 0 Å². The molecule has 0 fully saturated rings. The molecule has 2 atom stereocenters. The molecule has 7 heteroatoms. The van der Waals surface area contributed by atoms with Crippen LogP contribution in [0.5, 0.6) is 0 Å². The predicted molar refractivity (Wildman–Crippen MR) is 153 cm³/mol. The number of unbranched alkanes of at least 4 members (excludes halogenated alkanes) is 16. The van der Waals surface area contributed by atoms with Gasteiger partial charge in [-0.05, 0) is 27.4 Å². The molecule has 0 aliphatic heterocycles. The van der Waals surface area contributed by atoms with Crippen molar-refractivity contribution in [3.05, 3.63) is 0 Å². The van der Waals surface area contributed by atoms with Crippen molar-refractivity contribution in [2.24, 2.45) is 5.92 Å². The lowest BCUT2D eigenvalue weighted by atomic mass is 10.0. The lowest BCUT2D eigenvalue weighted by Crippen LogP contribution is -2.20. The van der Waals surface area contributed by atoms with Crippen LogP contribution in [0.1, 0.15) is 129 Å². The normalized spacial score (nSPS) is 13.4. The van der Waals surface area contributed by atoms with Crippen molar-refractivity contribution in [1.29, 1.82) is 0 Å². The molecule has 0 aromatic rings. The van der Waals surface area contributed by atoms with E-state index in [1.54, 1.807) is 6.92 Å². The first kappa shape index (κ1) is 35.9. The first-order chi connectivity index (χ1) is 17.5. The number of rotatable bonds is 29. The van der Waals surface area contributed by atoms with Gasteiger partial charge in [-0.2, -0.15) is 0 Å². The summed E-state index contributed by atoms with van der Waals surface area (Å²) in [4.78, 5) is 23.4. The molecule has 0 spiro atoms.